The molecule has 1 aliphatic heterocycles. The molecule has 0 amide bonds. The molecule has 0 aromatic heterocycles. The van der Waals surface area contributed by atoms with Gasteiger partial charge in [0.05, 0.1) is 17.5 Å². The van der Waals surface area contributed by atoms with Crippen molar-refractivity contribution in [3.63, 3.8) is 0 Å². The third kappa shape index (κ3) is 4.03. The van der Waals surface area contributed by atoms with Gasteiger partial charge in [0.25, 0.3) is 0 Å². The Hall–Kier alpha value is -0.950. The summed E-state index contributed by atoms with van der Waals surface area (Å²) in [5.41, 5.74) is 0.987. The van der Waals surface area contributed by atoms with Gasteiger partial charge in [-0.05, 0) is 37.1 Å². The van der Waals surface area contributed by atoms with E-state index in [0.717, 1.165) is 24.9 Å². The van der Waals surface area contributed by atoms with Crippen LogP contribution >= 0.6 is 0 Å². The molecule has 1 aromatic carbocycles. The van der Waals surface area contributed by atoms with Gasteiger partial charge in [-0.1, -0.05) is 19.1 Å². The van der Waals surface area contributed by atoms with Crippen LogP contribution in [0.4, 0.5) is 0 Å². The molecule has 2 rings (SSSR count). The largest absolute Gasteiger partial charge is 0.380 e. The minimum Gasteiger partial charge on any atom is -0.380 e. The van der Waals surface area contributed by atoms with Crippen molar-refractivity contribution in [3.05, 3.63) is 29.8 Å². The van der Waals surface area contributed by atoms with Gasteiger partial charge in [-0.3, -0.25) is 0 Å². The molecule has 1 aliphatic rings. The molecular weight excluding hydrogens is 288 g/mol. The summed E-state index contributed by atoms with van der Waals surface area (Å²) in [6, 6.07) is 7.10. The quantitative estimate of drug-likeness (QED) is 0.777. The highest BCUT2D eigenvalue weighted by Crippen LogP contribution is 2.21. The Bertz CT molecular complexity index is 554. The molecule has 1 saturated heterocycles. The molecule has 1 heterocycles. The third-order valence-corrected chi connectivity index (χ3v) is 5.66. The van der Waals surface area contributed by atoms with E-state index in [9.17, 15) is 8.42 Å². The molecule has 118 valence electrons. The molecule has 1 atom stereocenters. The van der Waals surface area contributed by atoms with Gasteiger partial charge in [-0.2, -0.15) is 4.31 Å². The van der Waals surface area contributed by atoms with Crippen LogP contribution in [-0.4, -0.2) is 45.6 Å². The van der Waals surface area contributed by atoms with Gasteiger partial charge >= 0.3 is 0 Å². The Balaban J connectivity index is 2.13. The van der Waals surface area contributed by atoms with Gasteiger partial charge in [0.15, 0.2) is 0 Å². The smallest absolute Gasteiger partial charge is 0.243 e. The van der Waals surface area contributed by atoms with E-state index < -0.39 is 10.0 Å². The fourth-order valence-corrected chi connectivity index (χ4v) is 3.84. The summed E-state index contributed by atoms with van der Waals surface area (Å²) in [6.07, 6.45) is 1.82. The number of likely N-dealkylation sites (N-methyl/N-ethyl adjacent to an activating group) is 1. The zero-order valence-electron chi connectivity index (χ0n) is 12.7. The summed E-state index contributed by atoms with van der Waals surface area (Å²) in [6.45, 7) is 4.83. The zero-order valence-corrected chi connectivity index (χ0v) is 13.5. The highest BCUT2D eigenvalue weighted by Gasteiger charge is 2.30. The predicted molar refractivity (Wildman–Crippen MR) is 82.6 cm³/mol. The average molecular weight is 312 g/mol. The second kappa shape index (κ2) is 7.35. The van der Waals surface area contributed by atoms with Gasteiger partial charge in [0.1, 0.15) is 0 Å². The summed E-state index contributed by atoms with van der Waals surface area (Å²) < 4.78 is 32.0. The maximum absolute atomic E-state index is 12.7. The Morgan fingerprint density at radius 3 is 2.90 bits per heavy atom. The minimum atomic E-state index is -3.45. The monoisotopic (exact) mass is 312 g/mol. The Kier molecular flexibility index (Phi) is 5.75. The van der Waals surface area contributed by atoms with Crippen molar-refractivity contribution < 1.29 is 13.2 Å². The van der Waals surface area contributed by atoms with E-state index in [-0.39, 0.29) is 6.04 Å². The van der Waals surface area contributed by atoms with E-state index in [2.05, 4.69) is 12.2 Å². The van der Waals surface area contributed by atoms with Crippen molar-refractivity contribution in [3.8, 4) is 0 Å². The Morgan fingerprint density at radius 1 is 1.43 bits per heavy atom. The predicted octanol–water partition coefficient (Wildman–Crippen LogP) is 1.60. The molecule has 0 saturated carbocycles. The van der Waals surface area contributed by atoms with Crippen LogP contribution in [0.1, 0.15) is 25.3 Å². The second-order valence-corrected chi connectivity index (χ2v) is 7.36. The van der Waals surface area contributed by atoms with Crippen LogP contribution in [0.15, 0.2) is 29.2 Å². The number of nitrogens with one attached hydrogen (secondary N) is 1. The normalized spacial score (nSPS) is 19.3. The maximum Gasteiger partial charge on any atom is 0.243 e. The van der Waals surface area contributed by atoms with Crippen LogP contribution in [0, 0.1) is 0 Å². The third-order valence-electron chi connectivity index (χ3n) is 3.75. The van der Waals surface area contributed by atoms with Crippen molar-refractivity contribution in [2.45, 2.75) is 37.2 Å². The second-order valence-electron chi connectivity index (χ2n) is 5.36. The van der Waals surface area contributed by atoms with Crippen molar-refractivity contribution >= 4 is 10.0 Å². The van der Waals surface area contributed by atoms with E-state index in [1.54, 1.807) is 25.2 Å². The van der Waals surface area contributed by atoms with Gasteiger partial charge in [-0.25, -0.2) is 8.42 Å². The highest BCUT2D eigenvalue weighted by atomic mass is 32.2. The Morgan fingerprint density at radius 2 is 2.24 bits per heavy atom. The molecule has 6 heteroatoms. The lowest BCUT2D eigenvalue weighted by Gasteiger charge is -2.22. The number of sulfonamides is 1. The molecule has 0 spiro atoms. The summed E-state index contributed by atoms with van der Waals surface area (Å²) in [5, 5.41) is 3.29. The van der Waals surface area contributed by atoms with Crippen molar-refractivity contribution in [1.29, 1.82) is 0 Å². The first-order valence-electron chi connectivity index (χ1n) is 7.41. The lowest BCUT2D eigenvalue weighted by molar-refractivity contribution is 0.181. The SMILES string of the molecule is CCCNCc1cccc(S(=O)(=O)N(C)C2CCOC2)c1. The van der Waals surface area contributed by atoms with Crippen LogP contribution in [0.5, 0.6) is 0 Å². The molecule has 0 bridgehead atoms. The van der Waals surface area contributed by atoms with Gasteiger partial charge in [-0.15, -0.1) is 0 Å². The van der Waals surface area contributed by atoms with E-state index in [1.165, 1.54) is 4.31 Å². The van der Waals surface area contributed by atoms with Crippen LogP contribution in [0.25, 0.3) is 0 Å². The van der Waals surface area contributed by atoms with Crippen molar-refractivity contribution in [2.24, 2.45) is 0 Å². The van der Waals surface area contributed by atoms with Gasteiger partial charge < -0.3 is 10.1 Å². The average Bonchev–Trinajstić information content (AvgIpc) is 3.01. The van der Waals surface area contributed by atoms with Crippen LogP contribution < -0.4 is 5.32 Å². The minimum absolute atomic E-state index is 0.0585. The molecule has 21 heavy (non-hydrogen) atoms. The number of rotatable bonds is 7. The summed E-state index contributed by atoms with van der Waals surface area (Å²) in [7, 11) is -1.81. The first-order chi connectivity index (χ1) is 10.1. The fourth-order valence-electron chi connectivity index (χ4n) is 2.40. The first kappa shape index (κ1) is 16.4. The number of hydrogen-bond donors (Lipinski definition) is 1. The van der Waals surface area contributed by atoms with E-state index >= 15 is 0 Å². The van der Waals surface area contributed by atoms with E-state index in [0.29, 0.717) is 24.7 Å². The van der Waals surface area contributed by atoms with Crippen molar-refractivity contribution in [1.82, 2.24) is 9.62 Å². The molecule has 1 unspecified atom stereocenters. The summed E-state index contributed by atoms with van der Waals surface area (Å²) >= 11 is 0. The maximum atomic E-state index is 12.7. The molecule has 1 N–H and O–H groups in total. The first-order valence-corrected chi connectivity index (χ1v) is 8.85. The molecule has 1 fully saturated rings. The van der Waals surface area contributed by atoms with Crippen LogP contribution in [0.3, 0.4) is 0 Å². The fraction of sp³-hybridized carbons (Fsp3) is 0.600. The lowest BCUT2D eigenvalue weighted by Crippen LogP contribution is -2.37. The number of benzene rings is 1. The van der Waals surface area contributed by atoms with E-state index in [1.807, 2.05) is 6.07 Å². The molecule has 0 aliphatic carbocycles. The molecular formula is C15H24N2O3S. The number of ether oxygens (including phenoxy) is 1. The van der Waals surface area contributed by atoms with Crippen LogP contribution in [0.2, 0.25) is 0 Å². The molecule has 1 aromatic rings. The van der Waals surface area contributed by atoms with Gasteiger partial charge in [0.2, 0.25) is 10.0 Å². The van der Waals surface area contributed by atoms with E-state index in [4.69, 9.17) is 4.74 Å². The summed E-state index contributed by atoms with van der Waals surface area (Å²) in [4.78, 5) is 0.354. The Labute approximate surface area is 127 Å². The lowest BCUT2D eigenvalue weighted by atomic mass is 10.2. The van der Waals surface area contributed by atoms with Crippen molar-refractivity contribution in [2.75, 3.05) is 26.8 Å². The highest BCUT2D eigenvalue weighted by molar-refractivity contribution is 7.89. The zero-order chi connectivity index (χ0) is 15.3. The number of nitrogens with zero attached hydrogens (tertiary/aromatic N) is 1. The van der Waals surface area contributed by atoms with Crippen LogP contribution in [-0.2, 0) is 21.3 Å². The summed E-state index contributed by atoms with van der Waals surface area (Å²) in [5.74, 6) is 0. The van der Waals surface area contributed by atoms with Gasteiger partial charge in [0, 0.05) is 20.2 Å². The molecule has 0 radical (unpaired) electrons. The standard InChI is InChI=1S/C15H24N2O3S/c1-3-8-16-11-13-5-4-6-15(10-13)21(18,19)17(2)14-7-9-20-12-14/h4-6,10,14,16H,3,7-9,11-12H2,1-2H3. The topological polar surface area (TPSA) is 58.6 Å². The number of hydrogen-bond acceptors (Lipinski definition) is 4. The molecule has 5 nitrogen and oxygen atoms in total.